The molecule has 1 aromatic carbocycles. The van der Waals surface area contributed by atoms with E-state index < -0.39 is 41.4 Å². The standard InChI is InChI=1S/C26H29Cl2F3N14O6/c27-15-19(34)41-17(32)13(39-15)21(46)43-24(36)37-7-1-9-49-11-3-5-12(6-4-11)50-10-2-8-38-25(45-51-23(48)26(29,30)31)44-22(47)14-18(33)42-20(35)16(28)40-14/h3-6H,1-2,7-10H2,(H4,32,34,41)(H4,33,35,42)(H3,36,37,43,46)(H2,38,44,45,47). The lowest BCUT2D eigenvalue weighted by atomic mass is 10.3. The van der Waals surface area contributed by atoms with Gasteiger partial charge in [0, 0.05) is 25.9 Å². The number of nitrogens with one attached hydrogen (secondary N) is 3. The fourth-order valence-electron chi connectivity index (χ4n) is 3.38. The largest absolute Gasteiger partial charge is 0.494 e. The Hall–Kier alpha value is -6.10. The molecule has 274 valence electrons. The third-order valence-corrected chi connectivity index (χ3v) is 6.26. The van der Waals surface area contributed by atoms with Crippen LogP contribution < -0.4 is 54.3 Å². The van der Waals surface area contributed by atoms with E-state index in [1.165, 1.54) is 0 Å². The Kier molecular flexibility index (Phi) is 13.9. The summed E-state index contributed by atoms with van der Waals surface area (Å²) in [6.45, 7) is 0.430. The van der Waals surface area contributed by atoms with Crippen LogP contribution >= 0.6 is 23.2 Å². The van der Waals surface area contributed by atoms with Crippen molar-refractivity contribution in [1.29, 1.82) is 0 Å². The van der Waals surface area contributed by atoms with Crippen LogP contribution in [0, 0.1) is 0 Å². The van der Waals surface area contributed by atoms with Gasteiger partial charge in [0.25, 0.3) is 11.8 Å². The summed E-state index contributed by atoms with van der Waals surface area (Å²) in [5, 5.41) is 3.83. The smallest absolute Gasteiger partial charge is 0.493 e. The summed E-state index contributed by atoms with van der Waals surface area (Å²) in [6, 6.07) is 6.52. The zero-order valence-electron chi connectivity index (χ0n) is 26.0. The number of nitrogens with zero attached hydrogens (tertiary/aromatic N) is 6. The highest BCUT2D eigenvalue weighted by molar-refractivity contribution is 6.32. The molecule has 0 aliphatic heterocycles. The molecule has 3 aromatic rings. The predicted molar refractivity (Wildman–Crippen MR) is 177 cm³/mol. The highest BCUT2D eigenvalue weighted by atomic mass is 35.5. The van der Waals surface area contributed by atoms with E-state index in [1.54, 1.807) is 29.7 Å². The van der Waals surface area contributed by atoms with Crippen molar-refractivity contribution in [2.24, 2.45) is 15.7 Å². The molecule has 0 aliphatic carbocycles. The van der Waals surface area contributed by atoms with Crippen LogP contribution in [0.4, 0.5) is 36.4 Å². The molecule has 51 heavy (non-hydrogen) atoms. The number of guanidine groups is 2. The third kappa shape index (κ3) is 12.4. The number of hydrogen-bond donors (Lipinski definition) is 8. The van der Waals surface area contributed by atoms with E-state index in [2.05, 4.69) is 45.4 Å². The maximum atomic E-state index is 12.6. The molecule has 13 N–H and O–H groups in total. The van der Waals surface area contributed by atoms with E-state index in [4.69, 9.17) is 61.3 Å². The Morgan fingerprint density at radius 1 is 0.725 bits per heavy atom. The fourth-order valence-corrected chi connectivity index (χ4v) is 3.63. The van der Waals surface area contributed by atoms with Crippen molar-refractivity contribution in [3.63, 3.8) is 0 Å². The Morgan fingerprint density at radius 3 is 1.65 bits per heavy atom. The van der Waals surface area contributed by atoms with Gasteiger partial charge in [0.1, 0.15) is 11.5 Å². The maximum absolute atomic E-state index is 12.6. The molecule has 0 atom stereocenters. The molecule has 0 saturated carbocycles. The molecule has 3 rings (SSSR count). The number of nitrogen functional groups attached to an aromatic ring is 4. The fraction of sp³-hybridized carbons (Fsp3) is 0.269. The number of halogens is 5. The van der Waals surface area contributed by atoms with Gasteiger partial charge in [0.2, 0.25) is 5.96 Å². The minimum Gasteiger partial charge on any atom is -0.494 e. The number of anilines is 4. The Morgan fingerprint density at radius 2 is 1.18 bits per heavy atom. The summed E-state index contributed by atoms with van der Waals surface area (Å²) in [4.78, 5) is 62.6. The maximum Gasteiger partial charge on any atom is 0.493 e. The second-order valence-corrected chi connectivity index (χ2v) is 10.3. The molecule has 0 spiro atoms. The van der Waals surface area contributed by atoms with E-state index >= 15 is 0 Å². The zero-order valence-corrected chi connectivity index (χ0v) is 27.5. The number of nitrogens with two attached hydrogens (primary N) is 5. The van der Waals surface area contributed by atoms with Crippen molar-refractivity contribution in [2.75, 3.05) is 49.2 Å². The minimum absolute atomic E-state index is 0.0831. The first-order chi connectivity index (χ1) is 24.0. The molecular weight excluding hydrogens is 732 g/mol. The average Bonchev–Trinajstić information content (AvgIpc) is 3.06. The van der Waals surface area contributed by atoms with Gasteiger partial charge in [-0.05, 0) is 24.3 Å². The van der Waals surface area contributed by atoms with Crippen LogP contribution in [0.25, 0.3) is 0 Å². The monoisotopic (exact) mass is 760 g/mol. The summed E-state index contributed by atoms with van der Waals surface area (Å²) in [6.07, 6.45) is -4.70. The van der Waals surface area contributed by atoms with E-state index in [0.29, 0.717) is 17.9 Å². The number of hydrogen-bond acceptors (Lipinski definition) is 16. The van der Waals surface area contributed by atoms with E-state index in [-0.39, 0.29) is 72.1 Å². The van der Waals surface area contributed by atoms with E-state index in [1.807, 2.05) is 0 Å². The van der Waals surface area contributed by atoms with Crippen LogP contribution in [-0.4, -0.2) is 82.1 Å². The summed E-state index contributed by atoms with van der Waals surface area (Å²) in [5.41, 5.74) is 28.8. The molecular formula is C26H29Cl2F3N14O6. The normalized spacial score (nSPS) is 11.8. The van der Waals surface area contributed by atoms with Gasteiger partial charge in [0.15, 0.2) is 50.9 Å². The number of hydroxylamine groups is 1. The van der Waals surface area contributed by atoms with Gasteiger partial charge in [-0.3, -0.25) is 30.2 Å². The minimum atomic E-state index is -5.33. The topological polar surface area (TPSA) is 321 Å². The molecule has 0 fully saturated rings. The van der Waals surface area contributed by atoms with Gasteiger partial charge < -0.3 is 43.0 Å². The highest BCUT2D eigenvalue weighted by Gasteiger charge is 2.42. The van der Waals surface area contributed by atoms with E-state index in [9.17, 15) is 27.6 Å². The highest BCUT2D eigenvalue weighted by Crippen LogP contribution is 2.20. The molecule has 0 bridgehead atoms. The number of carbonyl (C=O) groups is 3. The second kappa shape index (κ2) is 18.1. The number of rotatable bonds is 12. The summed E-state index contributed by atoms with van der Waals surface area (Å²) in [7, 11) is 0. The number of ether oxygens (including phenoxy) is 2. The number of benzene rings is 1. The van der Waals surface area contributed by atoms with Crippen molar-refractivity contribution in [3.8, 4) is 11.5 Å². The average molecular weight is 762 g/mol. The number of aliphatic imine (C=N–C) groups is 2. The number of amides is 2. The van der Waals surface area contributed by atoms with Crippen LogP contribution in [0.1, 0.15) is 33.8 Å². The predicted octanol–water partition coefficient (Wildman–Crippen LogP) is 0.581. The molecule has 0 aliphatic rings. The number of aromatic nitrogens is 4. The first kappa shape index (κ1) is 39.3. The Balaban J connectivity index is 1.43. The van der Waals surface area contributed by atoms with Gasteiger partial charge in [-0.2, -0.15) is 18.7 Å². The molecule has 25 heteroatoms. The third-order valence-electron chi connectivity index (χ3n) is 5.70. The molecule has 2 amide bonds. The first-order valence-electron chi connectivity index (χ1n) is 14.1. The van der Waals surface area contributed by atoms with Crippen molar-refractivity contribution >= 4 is 76.2 Å². The summed E-state index contributed by atoms with van der Waals surface area (Å²) in [5.74, 6) is -5.43. The van der Waals surface area contributed by atoms with E-state index in [0.717, 1.165) is 0 Å². The second-order valence-electron chi connectivity index (χ2n) is 9.54. The molecule has 0 saturated heterocycles. The number of carbonyl (C=O) groups excluding carboxylic acids is 3. The van der Waals surface area contributed by atoms with Crippen LogP contribution in [-0.2, 0) is 9.63 Å². The lowest BCUT2D eigenvalue weighted by molar-refractivity contribution is -0.204. The van der Waals surface area contributed by atoms with Crippen LogP contribution in [0.3, 0.4) is 0 Å². The zero-order chi connectivity index (χ0) is 37.7. The van der Waals surface area contributed by atoms with Crippen LogP contribution in [0.2, 0.25) is 10.3 Å². The van der Waals surface area contributed by atoms with Crippen molar-refractivity contribution in [1.82, 2.24) is 36.0 Å². The van der Waals surface area contributed by atoms with Gasteiger partial charge in [0.05, 0.1) is 13.2 Å². The molecule has 0 unspecified atom stereocenters. The Bertz CT molecular complexity index is 1800. The first-order valence-corrected chi connectivity index (χ1v) is 14.8. The summed E-state index contributed by atoms with van der Waals surface area (Å²) < 4.78 is 48.9. The molecule has 2 heterocycles. The van der Waals surface area contributed by atoms with Crippen LogP contribution in [0.5, 0.6) is 11.5 Å². The number of alkyl halides is 3. The van der Waals surface area contributed by atoms with Crippen molar-refractivity contribution < 1.29 is 41.9 Å². The van der Waals surface area contributed by atoms with Crippen molar-refractivity contribution in [3.05, 3.63) is 46.0 Å². The van der Waals surface area contributed by atoms with Gasteiger partial charge >= 0.3 is 12.1 Å². The van der Waals surface area contributed by atoms with Crippen LogP contribution in [0.15, 0.2) is 34.3 Å². The lowest BCUT2D eigenvalue weighted by Gasteiger charge is -2.13. The SMILES string of the molecule is NC(=NCCCOc1ccc(OCCCN=C(NOC(=O)C(F)(F)F)NC(=O)c2nc(Cl)c(N)nc2N)cc1)NC(=O)c1nc(Cl)c(N)nc1N. The van der Waals surface area contributed by atoms with Gasteiger partial charge in [-0.1, -0.05) is 23.2 Å². The molecule has 2 aromatic heterocycles. The quantitative estimate of drug-likeness (QED) is 0.0542. The molecule has 20 nitrogen and oxygen atoms in total. The van der Waals surface area contributed by atoms with Gasteiger partial charge in [-0.15, -0.1) is 0 Å². The summed E-state index contributed by atoms with van der Waals surface area (Å²) >= 11 is 11.5. The van der Waals surface area contributed by atoms with Gasteiger partial charge in [-0.25, -0.2) is 24.7 Å². The Labute approximate surface area is 295 Å². The lowest BCUT2D eigenvalue weighted by Crippen LogP contribution is -2.44. The van der Waals surface area contributed by atoms with Crippen molar-refractivity contribution in [2.45, 2.75) is 19.0 Å². The molecule has 0 radical (unpaired) electrons.